The Balaban J connectivity index is 1.12. The maximum absolute atomic E-state index is 14.1. The number of halogens is 1. The highest BCUT2D eigenvalue weighted by Gasteiger charge is 2.27. The predicted molar refractivity (Wildman–Crippen MR) is 153 cm³/mol. The molecule has 1 atom stereocenters. The molecule has 6 rings (SSSR count). The zero-order valence-corrected chi connectivity index (χ0v) is 23.0. The van der Waals surface area contributed by atoms with Crippen LogP contribution in [0, 0.1) is 5.82 Å². The first-order valence-corrected chi connectivity index (χ1v) is 14.6. The molecule has 14 heteroatoms. The van der Waals surface area contributed by atoms with E-state index in [1.807, 2.05) is 11.4 Å². The third-order valence-corrected chi connectivity index (χ3v) is 7.97. The Bertz CT molecular complexity index is 1530. The molecular weight excluding hydrogens is 547 g/mol. The lowest BCUT2D eigenvalue weighted by molar-refractivity contribution is -0.123. The fourth-order valence-corrected chi connectivity index (χ4v) is 5.54. The lowest BCUT2D eigenvalue weighted by atomic mass is 9.91. The van der Waals surface area contributed by atoms with Crippen LogP contribution in [0.4, 0.5) is 21.6 Å². The van der Waals surface area contributed by atoms with Gasteiger partial charge in [0, 0.05) is 42.2 Å². The van der Waals surface area contributed by atoms with Crippen molar-refractivity contribution in [2.24, 2.45) is 5.73 Å². The second kappa shape index (κ2) is 11.7. The third kappa shape index (κ3) is 6.43. The van der Waals surface area contributed by atoms with Crippen LogP contribution in [0.15, 0.2) is 41.6 Å². The maximum atomic E-state index is 14.1. The first kappa shape index (κ1) is 27.0. The quantitative estimate of drug-likeness (QED) is 0.190. The van der Waals surface area contributed by atoms with E-state index in [0.717, 1.165) is 56.1 Å². The number of anilines is 3. The van der Waals surface area contributed by atoms with E-state index in [-0.39, 0.29) is 29.4 Å². The molecule has 0 radical (unpaired) electrons. The van der Waals surface area contributed by atoms with Crippen LogP contribution in [0.2, 0.25) is 0 Å². The Kier molecular flexibility index (Phi) is 7.74. The van der Waals surface area contributed by atoms with Crippen molar-refractivity contribution in [2.45, 2.75) is 69.1 Å². The Labute approximate surface area is 239 Å². The summed E-state index contributed by atoms with van der Waals surface area (Å²) in [4.78, 5) is 38.0. The van der Waals surface area contributed by atoms with E-state index < -0.39 is 17.8 Å². The van der Waals surface area contributed by atoms with Crippen molar-refractivity contribution in [1.82, 2.24) is 29.9 Å². The van der Waals surface area contributed by atoms with Crippen LogP contribution in [-0.4, -0.2) is 60.5 Å². The molecule has 0 spiro atoms. The van der Waals surface area contributed by atoms with Crippen LogP contribution < -0.4 is 27.0 Å². The fraction of sp³-hybridized carbons (Fsp3) is 0.407. The van der Waals surface area contributed by atoms with Crippen LogP contribution in [0.5, 0.6) is 0 Å². The van der Waals surface area contributed by atoms with Gasteiger partial charge in [0.25, 0.3) is 5.91 Å². The monoisotopic (exact) mass is 578 g/mol. The van der Waals surface area contributed by atoms with Gasteiger partial charge < -0.3 is 27.0 Å². The Morgan fingerprint density at radius 1 is 1.05 bits per heavy atom. The first-order chi connectivity index (χ1) is 19.9. The number of carbonyl (C=O) groups is 2. The number of hydrogen-bond donors (Lipinski definition) is 5. The van der Waals surface area contributed by atoms with Gasteiger partial charge >= 0.3 is 0 Å². The Morgan fingerprint density at radius 3 is 2.54 bits per heavy atom. The minimum atomic E-state index is -0.630. The van der Waals surface area contributed by atoms with Gasteiger partial charge in [0.05, 0.1) is 41.0 Å². The van der Waals surface area contributed by atoms with E-state index >= 15 is 0 Å². The molecule has 0 bridgehead atoms. The van der Waals surface area contributed by atoms with Crippen molar-refractivity contribution < 1.29 is 14.0 Å². The lowest BCUT2D eigenvalue weighted by Gasteiger charge is -2.30. The molecule has 2 fully saturated rings. The molecule has 4 heterocycles. The molecule has 2 aliphatic carbocycles. The number of amides is 2. The van der Waals surface area contributed by atoms with Gasteiger partial charge in [-0.1, -0.05) is 0 Å². The minimum absolute atomic E-state index is 0.0264. The van der Waals surface area contributed by atoms with Gasteiger partial charge in [0.2, 0.25) is 5.91 Å². The van der Waals surface area contributed by atoms with Gasteiger partial charge in [-0.3, -0.25) is 14.6 Å². The standard InChI is InChI=1S/C27H31FN10O2S/c28-19-11-30-8-7-21(19)36-27(40)23-12-31-25-22(33-15-1-2-15)10-24(37-38(23)25)34-16-3-5-17(6-4-16)35-26(39)20(29)9-18-13-41-14-32-18/h7-8,10-17,20,33H,1-6,9,29H2,(H,34,37)(H,35,39)(H,30,36,40)/t16?,17?,20-/m1/s1. The van der Waals surface area contributed by atoms with Gasteiger partial charge in [0.1, 0.15) is 5.82 Å². The number of imidazole rings is 1. The van der Waals surface area contributed by atoms with Gasteiger partial charge in [-0.25, -0.2) is 18.9 Å². The molecule has 4 aromatic heterocycles. The van der Waals surface area contributed by atoms with Crippen molar-refractivity contribution in [3.05, 3.63) is 58.8 Å². The second-order valence-electron chi connectivity index (χ2n) is 10.5. The number of nitrogens with zero attached hydrogens (tertiary/aromatic N) is 5. The zero-order valence-electron chi connectivity index (χ0n) is 22.2. The van der Waals surface area contributed by atoms with Crippen molar-refractivity contribution >= 4 is 46.0 Å². The largest absolute Gasteiger partial charge is 0.379 e. The van der Waals surface area contributed by atoms with Crippen LogP contribution in [-0.2, 0) is 11.2 Å². The molecule has 4 aromatic rings. The summed E-state index contributed by atoms with van der Waals surface area (Å²) in [7, 11) is 0. The SMILES string of the molecule is N[C@H](Cc1cscn1)C(=O)NC1CCC(Nc2cc(NC3CC3)c3ncc(C(=O)Nc4ccncc4F)n3n2)CC1. The van der Waals surface area contributed by atoms with E-state index in [4.69, 9.17) is 5.73 Å². The normalized spacial score (nSPS) is 19.5. The van der Waals surface area contributed by atoms with Crippen LogP contribution in [0.1, 0.15) is 54.7 Å². The topological polar surface area (TPSA) is 164 Å². The van der Waals surface area contributed by atoms with Crippen LogP contribution in [0.25, 0.3) is 5.65 Å². The molecule has 0 aliphatic heterocycles. The number of thiazole rings is 1. The highest BCUT2D eigenvalue weighted by Crippen LogP contribution is 2.30. The van der Waals surface area contributed by atoms with E-state index in [9.17, 15) is 14.0 Å². The summed E-state index contributed by atoms with van der Waals surface area (Å²) in [6, 6.07) is 3.23. The number of fused-ring (bicyclic) bond motifs is 1. The third-order valence-electron chi connectivity index (χ3n) is 7.33. The molecule has 41 heavy (non-hydrogen) atoms. The van der Waals surface area contributed by atoms with E-state index in [2.05, 4.69) is 41.3 Å². The maximum Gasteiger partial charge on any atom is 0.276 e. The number of aromatic nitrogens is 5. The summed E-state index contributed by atoms with van der Waals surface area (Å²) >= 11 is 1.49. The van der Waals surface area contributed by atoms with E-state index in [0.29, 0.717) is 23.9 Å². The molecule has 2 amide bonds. The summed E-state index contributed by atoms with van der Waals surface area (Å²) in [5, 5.41) is 19.2. The van der Waals surface area contributed by atoms with E-state index in [1.54, 1.807) is 5.51 Å². The van der Waals surface area contributed by atoms with Crippen LogP contribution in [0.3, 0.4) is 0 Å². The number of nitrogens with one attached hydrogen (secondary N) is 4. The average Bonchev–Trinajstić information content (AvgIpc) is 3.43. The zero-order chi connectivity index (χ0) is 28.3. The van der Waals surface area contributed by atoms with Gasteiger partial charge in [0.15, 0.2) is 17.2 Å². The summed E-state index contributed by atoms with van der Waals surface area (Å²) in [5.74, 6) is -0.723. The summed E-state index contributed by atoms with van der Waals surface area (Å²) in [6.07, 6.45) is 9.70. The molecule has 0 unspecified atom stereocenters. The molecule has 0 saturated heterocycles. The van der Waals surface area contributed by atoms with Gasteiger partial charge in [-0.2, -0.15) is 0 Å². The number of pyridine rings is 1. The highest BCUT2D eigenvalue weighted by molar-refractivity contribution is 7.07. The predicted octanol–water partition coefficient (Wildman–Crippen LogP) is 2.96. The minimum Gasteiger partial charge on any atom is -0.379 e. The molecule has 2 aliphatic rings. The van der Waals surface area contributed by atoms with Crippen molar-refractivity contribution in [3.8, 4) is 0 Å². The lowest BCUT2D eigenvalue weighted by Crippen LogP contribution is -2.48. The summed E-state index contributed by atoms with van der Waals surface area (Å²) < 4.78 is 15.6. The van der Waals surface area contributed by atoms with Crippen molar-refractivity contribution in [3.63, 3.8) is 0 Å². The smallest absolute Gasteiger partial charge is 0.276 e. The molecule has 0 aromatic carbocycles. The molecular formula is C27H31FN10O2S. The first-order valence-electron chi connectivity index (χ1n) is 13.7. The number of carbonyl (C=O) groups excluding carboxylic acids is 2. The Morgan fingerprint density at radius 2 is 1.80 bits per heavy atom. The number of hydrogen-bond acceptors (Lipinski definition) is 10. The number of rotatable bonds is 10. The van der Waals surface area contributed by atoms with E-state index in [1.165, 1.54) is 34.3 Å². The second-order valence-corrected chi connectivity index (χ2v) is 11.3. The summed E-state index contributed by atoms with van der Waals surface area (Å²) in [5.41, 5.74) is 10.2. The van der Waals surface area contributed by atoms with Gasteiger partial charge in [-0.15, -0.1) is 16.4 Å². The number of nitrogens with two attached hydrogens (primary N) is 1. The highest BCUT2D eigenvalue weighted by atomic mass is 32.1. The molecule has 12 nitrogen and oxygen atoms in total. The van der Waals surface area contributed by atoms with Crippen molar-refractivity contribution in [2.75, 3.05) is 16.0 Å². The Hall–Kier alpha value is -4.17. The van der Waals surface area contributed by atoms with Crippen LogP contribution >= 0.6 is 11.3 Å². The van der Waals surface area contributed by atoms with Gasteiger partial charge in [-0.05, 0) is 44.6 Å². The summed E-state index contributed by atoms with van der Waals surface area (Å²) in [6.45, 7) is 0. The molecule has 2 saturated carbocycles. The van der Waals surface area contributed by atoms with Crippen molar-refractivity contribution in [1.29, 1.82) is 0 Å². The molecule has 214 valence electrons. The average molecular weight is 579 g/mol. The fourth-order valence-electron chi connectivity index (χ4n) is 4.97. The molecule has 6 N–H and O–H groups in total.